The third kappa shape index (κ3) is 3.82. The molecule has 2 aliphatic heterocycles. The van der Waals surface area contributed by atoms with Gasteiger partial charge in [-0.15, -0.1) is 0 Å². The standard InChI is InChI=1S/C32H24BrNO2/c33-25-18-15-24(16-19-25)32(36)30-28(22-10-3-1-4-11-22)29(31(35)23-12-5-2-6-13-23)27-20-17-21-9-7-8-14-26(21)34(27)30/h1-20,27-30H. The van der Waals surface area contributed by atoms with Crippen LogP contribution in [0.5, 0.6) is 0 Å². The molecule has 4 atom stereocenters. The molecule has 176 valence electrons. The molecule has 0 aliphatic carbocycles. The molecule has 4 aromatic rings. The predicted molar refractivity (Wildman–Crippen MR) is 147 cm³/mol. The van der Waals surface area contributed by atoms with Crippen molar-refractivity contribution in [3.05, 3.63) is 142 Å². The van der Waals surface area contributed by atoms with Crippen LogP contribution in [0.4, 0.5) is 5.69 Å². The second-order valence-corrected chi connectivity index (χ2v) is 10.2. The van der Waals surface area contributed by atoms with E-state index in [1.165, 1.54) is 0 Å². The first-order valence-corrected chi connectivity index (χ1v) is 12.9. The largest absolute Gasteiger partial charge is 0.353 e. The number of fused-ring (bicyclic) bond motifs is 3. The minimum absolute atomic E-state index is 0.0230. The average molecular weight is 534 g/mol. The molecule has 4 heteroatoms. The van der Waals surface area contributed by atoms with Crippen LogP contribution in [-0.4, -0.2) is 23.7 Å². The maximum Gasteiger partial charge on any atom is 0.185 e. The molecule has 4 unspecified atom stereocenters. The highest BCUT2D eigenvalue weighted by Crippen LogP contribution is 2.50. The van der Waals surface area contributed by atoms with Gasteiger partial charge in [0, 0.05) is 27.2 Å². The number of ketones is 2. The topological polar surface area (TPSA) is 37.4 Å². The van der Waals surface area contributed by atoms with E-state index in [1.54, 1.807) is 0 Å². The fourth-order valence-electron chi connectivity index (χ4n) is 5.78. The van der Waals surface area contributed by atoms with Gasteiger partial charge in [0.2, 0.25) is 0 Å². The summed E-state index contributed by atoms with van der Waals surface area (Å²) < 4.78 is 0.923. The number of para-hydroxylation sites is 1. The Bertz CT molecular complexity index is 1450. The van der Waals surface area contributed by atoms with Gasteiger partial charge in [-0.25, -0.2) is 0 Å². The molecule has 3 nitrogen and oxygen atoms in total. The normalized spacial score (nSPS) is 22.1. The summed E-state index contributed by atoms with van der Waals surface area (Å²) in [5.74, 6) is -0.635. The molecule has 0 radical (unpaired) electrons. The second-order valence-electron chi connectivity index (χ2n) is 9.32. The van der Waals surface area contributed by atoms with Crippen LogP contribution in [0.3, 0.4) is 0 Å². The van der Waals surface area contributed by atoms with Crippen LogP contribution in [0.25, 0.3) is 6.08 Å². The zero-order chi connectivity index (χ0) is 24.6. The number of rotatable bonds is 5. The van der Waals surface area contributed by atoms with E-state index in [2.05, 4.69) is 45.1 Å². The summed E-state index contributed by atoms with van der Waals surface area (Å²) >= 11 is 3.48. The van der Waals surface area contributed by atoms with Crippen molar-refractivity contribution in [2.45, 2.75) is 18.0 Å². The third-order valence-corrected chi connectivity index (χ3v) is 7.88. The van der Waals surface area contributed by atoms with Crippen LogP contribution in [0.15, 0.2) is 120 Å². The molecule has 0 aromatic heterocycles. The van der Waals surface area contributed by atoms with Crippen LogP contribution in [-0.2, 0) is 0 Å². The maximum absolute atomic E-state index is 14.3. The Morgan fingerprint density at radius 1 is 0.667 bits per heavy atom. The summed E-state index contributed by atoms with van der Waals surface area (Å²) in [4.78, 5) is 30.7. The molecule has 0 amide bonds. The van der Waals surface area contributed by atoms with E-state index in [1.807, 2.05) is 97.1 Å². The first-order valence-electron chi connectivity index (χ1n) is 12.1. The molecule has 1 saturated heterocycles. The Morgan fingerprint density at radius 2 is 1.28 bits per heavy atom. The van der Waals surface area contributed by atoms with Crippen LogP contribution >= 0.6 is 15.9 Å². The number of carbonyl (C=O) groups excluding carboxylic acids is 2. The van der Waals surface area contributed by atoms with Crippen molar-refractivity contribution < 1.29 is 9.59 Å². The lowest BCUT2D eigenvalue weighted by atomic mass is 9.76. The molecule has 36 heavy (non-hydrogen) atoms. The molecular weight excluding hydrogens is 510 g/mol. The Kier molecular flexibility index (Phi) is 5.90. The summed E-state index contributed by atoms with van der Waals surface area (Å²) in [5.41, 5.74) is 4.37. The average Bonchev–Trinajstić information content (AvgIpc) is 3.29. The van der Waals surface area contributed by atoms with Gasteiger partial charge in [0.15, 0.2) is 11.6 Å². The molecule has 2 heterocycles. The molecule has 0 bridgehead atoms. The van der Waals surface area contributed by atoms with E-state index in [-0.39, 0.29) is 23.5 Å². The summed E-state index contributed by atoms with van der Waals surface area (Å²) in [6.07, 6.45) is 4.20. The molecule has 4 aromatic carbocycles. The zero-order valence-corrected chi connectivity index (χ0v) is 21.1. The molecule has 1 fully saturated rings. The number of benzene rings is 4. The van der Waals surface area contributed by atoms with E-state index < -0.39 is 12.0 Å². The van der Waals surface area contributed by atoms with E-state index >= 15 is 0 Å². The van der Waals surface area contributed by atoms with Crippen LogP contribution < -0.4 is 4.90 Å². The van der Waals surface area contributed by atoms with Crippen molar-refractivity contribution in [3.63, 3.8) is 0 Å². The van der Waals surface area contributed by atoms with Crippen molar-refractivity contribution in [1.29, 1.82) is 0 Å². The molecule has 6 rings (SSSR count). The van der Waals surface area contributed by atoms with E-state index in [4.69, 9.17) is 0 Å². The maximum atomic E-state index is 14.3. The number of hydrogen-bond acceptors (Lipinski definition) is 3. The van der Waals surface area contributed by atoms with Gasteiger partial charge in [0.25, 0.3) is 0 Å². The van der Waals surface area contributed by atoms with Gasteiger partial charge in [0.1, 0.15) is 6.04 Å². The lowest BCUT2D eigenvalue weighted by Gasteiger charge is -2.35. The molecule has 0 saturated carbocycles. The minimum atomic E-state index is -0.526. The quantitative estimate of drug-likeness (QED) is 0.254. The Hall–Kier alpha value is -3.76. The summed E-state index contributed by atoms with van der Waals surface area (Å²) in [5, 5.41) is 0. The number of carbonyl (C=O) groups is 2. The molecule has 0 spiro atoms. The Balaban J connectivity index is 1.57. The van der Waals surface area contributed by atoms with Crippen molar-refractivity contribution in [3.8, 4) is 0 Å². The van der Waals surface area contributed by atoms with Crippen molar-refractivity contribution in [2.75, 3.05) is 4.90 Å². The van der Waals surface area contributed by atoms with E-state index in [0.29, 0.717) is 11.1 Å². The number of nitrogens with zero attached hydrogens (tertiary/aromatic N) is 1. The SMILES string of the molecule is O=C(c1ccccc1)C1C(c2ccccc2)C(C(=O)c2ccc(Br)cc2)N2c3ccccc3C=CC12. The smallest absolute Gasteiger partial charge is 0.185 e. The third-order valence-electron chi connectivity index (χ3n) is 7.35. The van der Waals surface area contributed by atoms with Crippen LogP contribution in [0, 0.1) is 5.92 Å². The summed E-state index contributed by atoms with van der Waals surface area (Å²) in [7, 11) is 0. The molecule has 2 aliphatic rings. The highest BCUT2D eigenvalue weighted by molar-refractivity contribution is 9.10. The lowest BCUT2D eigenvalue weighted by molar-refractivity contribution is 0.0896. The second kappa shape index (κ2) is 9.36. The van der Waals surface area contributed by atoms with E-state index in [9.17, 15) is 9.59 Å². The van der Waals surface area contributed by atoms with Gasteiger partial charge in [0.05, 0.1) is 12.0 Å². The fraction of sp³-hybridized carbons (Fsp3) is 0.125. The minimum Gasteiger partial charge on any atom is -0.353 e. The summed E-state index contributed by atoms with van der Waals surface area (Å²) in [6.45, 7) is 0. The van der Waals surface area contributed by atoms with Gasteiger partial charge < -0.3 is 4.90 Å². The first kappa shape index (κ1) is 22.7. The van der Waals surface area contributed by atoms with Crippen molar-refractivity contribution in [2.24, 2.45) is 5.92 Å². The molecule has 0 N–H and O–H groups in total. The molecular formula is C32H24BrNO2. The fourth-order valence-corrected chi connectivity index (χ4v) is 6.05. The van der Waals surface area contributed by atoms with Gasteiger partial charge in [-0.3, -0.25) is 9.59 Å². The van der Waals surface area contributed by atoms with Gasteiger partial charge in [-0.1, -0.05) is 119 Å². The number of anilines is 1. The number of hydrogen-bond donors (Lipinski definition) is 0. The zero-order valence-electron chi connectivity index (χ0n) is 19.5. The van der Waals surface area contributed by atoms with Crippen LogP contribution in [0.2, 0.25) is 0 Å². The number of halogens is 1. The Labute approximate surface area is 219 Å². The monoisotopic (exact) mass is 533 g/mol. The highest BCUT2D eigenvalue weighted by atomic mass is 79.9. The van der Waals surface area contributed by atoms with Gasteiger partial charge >= 0.3 is 0 Å². The van der Waals surface area contributed by atoms with E-state index in [0.717, 1.165) is 21.3 Å². The summed E-state index contributed by atoms with van der Waals surface area (Å²) in [6, 6.07) is 34.4. The lowest BCUT2D eigenvalue weighted by Crippen LogP contribution is -2.43. The number of Topliss-reactive ketones (excluding diaryl/α,β-unsaturated/α-hetero) is 2. The first-order chi connectivity index (χ1) is 17.6. The van der Waals surface area contributed by atoms with Gasteiger partial charge in [-0.2, -0.15) is 0 Å². The Morgan fingerprint density at radius 3 is 2.00 bits per heavy atom. The highest BCUT2D eigenvalue weighted by Gasteiger charge is 2.55. The van der Waals surface area contributed by atoms with Gasteiger partial charge in [-0.05, 0) is 29.3 Å². The van der Waals surface area contributed by atoms with Crippen LogP contribution in [0.1, 0.15) is 37.8 Å². The predicted octanol–water partition coefficient (Wildman–Crippen LogP) is 7.20. The van der Waals surface area contributed by atoms with Crippen molar-refractivity contribution >= 4 is 39.3 Å². The van der Waals surface area contributed by atoms with Crippen molar-refractivity contribution in [1.82, 2.24) is 0 Å².